The van der Waals surface area contributed by atoms with Crippen molar-refractivity contribution in [3.8, 4) is 0 Å². The molecule has 2 fully saturated rings. The maximum atomic E-state index is 12.5. The van der Waals surface area contributed by atoms with Crippen LogP contribution in [0.15, 0.2) is 36.7 Å². The molecule has 2 saturated heterocycles. The molecule has 254 valence electrons. The van der Waals surface area contributed by atoms with Crippen LogP contribution in [0.2, 0.25) is 0 Å². The van der Waals surface area contributed by atoms with Gasteiger partial charge in [-0.1, -0.05) is 19.9 Å². The molecule has 10 atom stereocenters. The number of anilines is 1. The standard InChI is InChI=1S/C23H33N7O14P2/c1-23(2)3-4-29(5-10(23)19(25)35)21-16(33)14(31)11(42-21)6-40-45(36,37)44-46(38,39)41-7-12-15(32)17(34)22(43-12)30-9-28-13-18(24)26-8-27-20(13)30/h3-5,8-9,11-12,14-17,21-22,31-34H,6-7H2,1-2H3,(H2,25,35)(H,36,37)(H,38,39)(H2,24,26,27)/t11-,12+,14-,15+,16-,17+,21-,22+/m0/s1. The van der Waals surface area contributed by atoms with E-state index in [0.717, 1.165) is 6.33 Å². The lowest BCUT2D eigenvalue weighted by atomic mass is 9.82. The second kappa shape index (κ2) is 12.6. The van der Waals surface area contributed by atoms with Crippen LogP contribution in [0.1, 0.15) is 20.1 Å². The Hall–Kier alpha value is -2.88. The quantitative estimate of drug-likeness (QED) is 0.117. The van der Waals surface area contributed by atoms with Crippen LogP contribution in [-0.4, -0.2) is 117 Å². The van der Waals surface area contributed by atoms with Gasteiger partial charge in [-0.25, -0.2) is 24.1 Å². The average molecular weight is 694 g/mol. The van der Waals surface area contributed by atoms with E-state index in [-0.39, 0.29) is 22.6 Å². The zero-order valence-electron chi connectivity index (χ0n) is 24.2. The van der Waals surface area contributed by atoms with Gasteiger partial charge in [0.05, 0.1) is 19.5 Å². The van der Waals surface area contributed by atoms with Crippen LogP contribution < -0.4 is 11.5 Å². The molecule has 5 rings (SSSR count). The topological polar surface area (TPSA) is 318 Å². The Morgan fingerprint density at radius 1 is 0.957 bits per heavy atom. The first-order valence-corrected chi connectivity index (χ1v) is 16.5. The number of fused-ring (bicyclic) bond motifs is 1. The minimum absolute atomic E-state index is 0.0508. The molecule has 10 N–H and O–H groups in total. The van der Waals surface area contributed by atoms with E-state index < -0.39 is 89.3 Å². The Morgan fingerprint density at radius 3 is 2.11 bits per heavy atom. The number of carbonyl (C=O) groups is 1. The van der Waals surface area contributed by atoms with Gasteiger partial charge in [0, 0.05) is 23.4 Å². The van der Waals surface area contributed by atoms with Crippen molar-refractivity contribution in [2.45, 2.75) is 62.9 Å². The van der Waals surface area contributed by atoms with Crippen LogP contribution in [0.5, 0.6) is 0 Å². The molecule has 2 aromatic rings. The number of ether oxygens (including phenoxy) is 2. The number of aliphatic hydroxyl groups excluding tert-OH is 4. The predicted molar refractivity (Wildman–Crippen MR) is 151 cm³/mol. The summed E-state index contributed by atoms with van der Waals surface area (Å²) in [7, 11) is -10.8. The summed E-state index contributed by atoms with van der Waals surface area (Å²) in [6.45, 7) is 1.67. The first-order chi connectivity index (χ1) is 21.4. The Balaban J connectivity index is 1.16. The number of nitrogens with zero attached hydrogens (tertiary/aromatic N) is 5. The zero-order chi connectivity index (χ0) is 33.8. The highest BCUT2D eigenvalue weighted by Crippen LogP contribution is 2.60. The molecule has 0 radical (unpaired) electrons. The van der Waals surface area contributed by atoms with E-state index in [0.29, 0.717) is 0 Å². The molecule has 3 aliphatic heterocycles. The molecule has 21 nitrogen and oxygen atoms in total. The third-order valence-electron chi connectivity index (χ3n) is 7.54. The summed E-state index contributed by atoms with van der Waals surface area (Å²) < 4.78 is 51.1. The fourth-order valence-electron chi connectivity index (χ4n) is 5.04. The highest BCUT2D eigenvalue weighted by Gasteiger charge is 2.49. The highest BCUT2D eigenvalue weighted by molar-refractivity contribution is 7.61. The number of carbonyl (C=O) groups excluding carboxylic acids is 1. The molecule has 0 spiro atoms. The number of hydrogen-bond acceptors (Lipinski definition) is 17. The van der Waals surface area contributed by atoms with Gasteiger partial charge in [0.15, 0.2) is 23.9 Å². The van der Waals surface area contributed by atoms with E-state index in [1.807, 2.05) is 0 Å². The molecule has 46 heavy (non-hydrogen) atoms. The Morgan fingerprint density at radius 2 is 1.52 bits per heavy atom. The van der Waals surface area contributed by atoms with Crippen molar-refractivity contribution in [1.82, 2.24) is 24.4 Å². The smallest absolute Gasteiger partial charge is 0.387 e. The van der Waals surface area contributed by atoms with Crippen LogP contribution in [0.3, 0.4) is 0 Å². The first kappa shape index (κ1) is 34.5. The molecule has 0 aliphatic carbocycles. The summed E-state index contributed by atoms with van der Waals surface area (Å²) in [4.78, 5) is 45.2. The number of nitrogen functional groups attached to an aromatic ring is 1. The van der Waals surface area contributed by atoms with Gasteiger partial charge in [-0.3, -0.25) is 18.4 Å². The van der Waals surface area contributed by atoms with Crippen LogP contribution in [-0.2, 0) is 36.8 Å². The fourth-order valence-corrected chi connectivity index (χ4v) is 7.13. The largest absolute Gasteiger partial charge is 0.481 e. The minimum Gasteiger partial charge on any atom is -0.387 e. The Bertz CT molecular complexity index is 1640. The SMILES string of the molecule is CC1(C)C=CN([C@H]2O[C@@H](COP(=O)(O)OP(=O)(O)OC[C@H]3O[C@@H](n4cnc5c(N)ncnc54)[C@H](O)[C@@H]3O)[C@H](O)[C@@H]2O)C=C1C(N)=O. The lowest BCUT2D eigenvalue weighted by Crippen LogP contribution is -2.42. The van der Waals surface area contributed by atoms with Crippen molar-refractivity contribution in [3.05, 3.63) is 36.7 Å². The number of amides is 1. The van der Waals surface area contributed by atoms with Gasteiger partial charge < -0.3 is 56.1 Å². The third-order valence-corrected chi connectivity index (χ3v) is 10.1. The summed E-state index contributed by atoms with van der Waals surface area (Å²) in [5, 5.41) is 41.9. The molecule has 0 aromatic carbocycles. The lowest BCUT2D eigenvalue weighted by molar-refractivity contribution is -0.115. The zero-order valence-corrected chi connectivity index (χ0v) is 25.9. The third kappa shape index (κ3) is 6.87. The van der Waals surface area contributed by atoms with E-state index in [1.54, 1.807) is 19.9 Å². The maximum Gasteiger partial charge on any atom is 0.481 e. The van der Waals surface area contributed by atoms with E-state index in [2.05, 4.69) is 19.3 Å². The number of phosphoric ester groups is 2. The Kier molecular flexibility index (Phi) is 9.45. The number of phosphoric acid groups is 2. The van der Waals surface area contributed by atoms with E-state index in [1.165, 1.54) is 28.2 Å². The summed E-state index contributed by atoms with van der Waals surface area (Å²) in [5.41, 5.74) is 11.0. The van der Waals surface area contributed by atoms with Crippen LogP contribution in [0.4, 0.5) is 5.82 Å². The molecule has 0 bridgehead atoms. The van der Waals surface area contributed by atoms with Gasteiger partial charge in [0.1, 0.15) is 48.5 Å². The predicted octanol–water partition coefficient (Wildman–Crippen LogP) is -2.05. The molecule has 2 aromatic heterocycles. The van der Waals surface area contributed by atoms with E-state index >= 15 is 0 Å². The number of nitrogens with two attached hydrogens (primary N) is 2. The first-order valence-electron chi connectivity index (χ1n) is 13.5. The summed E-state index contributed by atoms with van der Waals surface area (Å²) in [5.74, 6) is -0.673. The van der Waals surface area contributed by atoms with Gasteiger partial charge in [0.2, 0.25) is 5.91 Å². The van der Waals surface area contributed by atoms with Gasteiger partial charge in [-0.2, -0.15) is 4.31 Å². The van der Waals surface area contributed by atoms with Gasteiger partial charge >= 0.3 is 15.6 Å². The molecule has 5 heterocycles. The second-order valence-corrected chi connectivity index (χ2v) is 14.2. The molecular weight excluding hydrogens is 660 g/mol. The van der Waals surface area contributed by atoms with E-state index in [4.69, 9.17) is 30.0 Å². The average Bonchev–Trinajstić information content (AvgIpc) is 3.60. The number of aromatic nitrogens is 4. The van der Waals surface area contributed by atoms with Crippen LogP contribution >= 0.6 is 15.6 Å². The van der Waals surface area contributed by atoms with Crippen molar-refractivity contribution in [2.24, 2.45) is 11.1 Å². The fraction of sp³-hybridized carbons (Fsp3) is 0.565. The van der Waals surface area contributed by atoms with Crippen molar-refractivity contribution in [2.75, 3.05) is 18.9 Å². The van der Waals surface area contributed by atoms with Crippen LogP contribution in [0, 0.1) is 5.41 Å². The van der Waals surface area contributed by atoms with Crippen molar-refractivity contribution >= 4 is 38.5 Å². The van der Waals surface area contributed by atoms with Gasteiger partial charge in [-0.15, -0.1) is 0 Å². The van der Waals surface area contributed by atoms with Crippen molar-refractivity contribution in [3.63, 3.8) is 0 Å². The monoisotopic (exact) mass is 693 g/mol. The molecule has 1 amide bonds. The normalized spacial score (nSPS) is 33.6. The number of hydrogen-bond donors (Lipinski definition) is 8. The number of imidazole rings is 1. The summed E-state index contributed by atoms with van der Waals surface area (Å²) >= 11 is 0. The molecule has 2 unspecified atom stereocenters. The molecule has 0 saturated carbocycles. The van der Waals surface area contributed by atoms with Gasteiger partial charge in [-0.05, 0) is 0 Å². The Labute approximate surface area is 259 Å². The summed E-state index contributed by atoms with van der Waals surface area (Å²) in [6.07, 6.45) is -5.09. The number of primary amides is 1. The lowest BCUT2D eigenvalue weighted by Gasteiger charge is -2.34. The highest BCUT2D eigenvalue weighted by atomic mass is 31.3. The number of allylic oxidation sites excluding steroid dienone is 1. The van der Waals surface area contributed by atoms with Crippen molar-refractivity contribution < 1.29 is 67.0 Å². The van der Waals surface area contributed by atoms with Gasteiger partial charge in [0.25, 0.3) is 0 Å². The maximum absolute atomic E-state index is 12.5. The van der Waals surface area contributed by atoms with E-state index in [9.17, 15) is 44.1 Å². The summed E-state index contributed by atoms with van der Waals surface area (Å²) in [6, 6.07) is 0. The number of aliphatic hydroxyl groups is 4. The molecular formula is C23H33N7O14P2. The van der Waals surface area contributed by atoms with Crippen LogP contribution in [0.25, 0.3) is 11.2 Å². The molecule has 23 heteroatoms. The second-order valence-electron chi connectivity index (χ2n) is 11.2. The minimum atomic E-state index is -5.38. The number of rotatable bonds is 11. The molecule has 3 aliphatic rings. The van der Waals surface area contributed by atoms with Crippen molar-refractivity contribution in [1.29, 1.82) is 0 Å².